The SMILES string of the molecule is CCCC[C@@H](C)[C@H]1CC[C@H]2[C@@H]3[C@H](OCCOP(=O)(O)OCC[N+](C)(C)C)C[C@@H]4C[C@H](OCCOP(=O)(O)OCC[N+](C)(C)C)CC[C@]4(C)[C@H]3C[C@H](OCCOP(=O)(O)OCC[N+](C)(C)C)[C@]12C. The van der Waals surface area contributed by atoms with Crippen LogP contribution in [0.5, 0.6) is 0 Å². The zero-order chi connectivity index (χ0) is 50.1. The van der Waals surface area contributed by atoms with E-state index in [4.69, 9.17) is 41.4 Å². The highest BCUT2D eigenvalue weighted by atomic mass is 31.2. The van der Waals surface area contributed by atoms with Crippen LogP contribution in [0.15, 0.2) is 0 Å². The Bertz CT molecular complexity index is 1660. The Morgan fingerprint density at radius 1 is 0.582 bits per heavy atom. The smallest absolute Gasteiger partial charge is 0.376 e. The van der Waals surface area contributed by atoms with Gasteiger partial charge in [-0.15, -0.1) is 0 Å². The number of quaternary nitrogens is 3. The van der Waals surface area contributed by atoms with Crippen LogP contribution in [-0.4, -0.2) is 189 Å². The van der Waals surface area contributed by atoms with Crippen molar-refractivity contribution in [3.8, 4) is 0 Å². The number of hydrogen-bond donors (Lipinski definition) is 3. The van der Waals surface area contributed by atoms with E-state index < -0.39 is 23.5 Å². The molecule has 0 spiro atoms. The molecule has 0 aliphatic heterocycles. The maximum absolute atomic E-state index is 12.9. The van der Waals surface area contributed by atoms with Crippen molar-refractivity contribution in [1.82, 2.24) is 0 Å². The molecular weight excluding hydrogens is 927 g/mol. The van der Waals surface area contributed by atoms with Gasteiger partial charge in [0.05, 0.1) is 121 Å². The van der Waals surface area contributed by atoms with Crippen LogP contribution >= 0.6 is 23.5 Å². The summed E-state index contributed by atoms with van der Waals surface area (Å²) >= 11 is 0. The van der Waals surface area contributed by atoms with Crippen molar-refractivity contribution in [2.45, 2.75) is 110 Å². The summed E-state index contributed by atoms with van der Waals surface area (Å²) in [6.07, 6.45) is 9.24. The topological polar surface area (TPSA) is 195 Å². The second kappa shape index (κ2) is 24.9. The van der Waals surface area contributed by atoms with E-state index in [0.29, 0.717) is 44.9 Å². The standard InChI is InChI=1S/C46H92N3O15P3/c1-14-15-16-36(2)39-17-18-40-44-41(35-43(46(39,40)4)58-29-32-64-67(54,55)61-26-23-49(11,12)13)45(3)20-19-38(56-27-30-62-65(50,51)59-24-21-47(5,6)7)33-37(45)34-42(44)57-28-31-63-66(52,53)60-25-22-48(8,9)10/h36-44H,14-35H2,1-13H3/p+3/t36-,37+,38-,39-,40+,41+,42-,43+,44+,45+,46-/m1/s1. The van der Waals surface area contributed by atoms with Gasteiger partial charge in [-0.2, -0.15) is 0 Å². The van der Waals surface area contributed by atoms with Gasteiger partial charge < -0.3 is 42.3 Å². The lowest BCUT2D eigenvalue weighted by Gasteiger charge is -2.64. The second-order valence-corrected chi connectivity index (χ2v) is 28.0. The molecule has 4 aliphatic carbocycles. The van der Waals surface area contributed by atoms with Gasteiger partial charge in [-0.1, -0.05) is 47.0 Å². The molecule has 4 saturated carbocycles. The quantitative estimate of drug-likeness (QED) is 0.0354. The van der Waals surface area contributed by atoms with Crippen LogP contribution in [0.2, 0.25) is 0 Å². The highest BCUT2D eigenvalue weighted by Crippen LogP contribution is 2.69. The fourth-order valence-electron chi connectivity index (χ4n) is 11.8. The van der Waals surface area contributed by atoms with Gasteiger partial charge in [0.25, 0.3) is 0 Å². The predicted molar refractivity (Wildman–Crippen MR) is 258 cm³/mol. The Morgan fingerprint density at radius 2 is 1.04 bits per heavy atom. The summed E-state index contributed by atoms with van der Waals surface area (Å²) < 4.78 is 92.3. The molecule has 0 saturated heterocycles. The third kappa shape index (κ3) is 18.5. The lowest BCUT2D eigenvalue weighted by Crippen LogP contribution is -2.63. The molecule has 0 aromatic heterocycles. The maximum Gasteiger partial charge on any atom is 0.472 e. The van der Waals surface area contributed by atoms with Crippen LogP contribution in [0.25, 0.3) is 0 Å². The first-order valence-electron chi connectivity index (χ1n) is 25.0. The number of nitrogens with zero attached hydrogens (tertiary/aromatic N) is 3. The molecule has 18 nitrogen and oxygen atoms in total. The Balaban J connectivity index is 1.54. The molecule has 21 heteroatoms. The third-order valence-corrected chi connectivity index (χ3v) is 18.6. The zero-order valence-corrected chi connectivity index (χ0v) is 46.4. The summed E-state index contributed by atoms with van der Waals surface area (Å²) in [6, 6.07) is 0. The van der Waals surface area contributed by atoms with Gasteiger partial charge >= 0.3 is 23.5 Å². The molecule has 396 valence electrons. The highest BCUT2D eigenvalue weighted by Gasteiger charge is 2.66. The maximum atomic E-state index is 12.9. The molecular formula is C46H95N3O15P3+3. The molecule has 3 N–H and O–H groups in total. The average molecular weight is 1020 g/mol. The molecule has 3 unspecified atom stereocenters. The minimum Gasteiger partial charge on any atom is -0.376 e. The van der Waals surface area contributed by atoms with Crippen molar-refractivity contribution in [2.24, 2.45) is 46.3 Å². The third-order valence-electron chi connectivity index (χ3n) is 15.5. The first-order chi connectivity index (χ1) is 30.9. The lowest BCUT2D eigenvalue weighted by atomic mass is 9.43. The van der Waals surface area contributed by atoms with E-state index in [1.54, 1.807) is 0 Å². The first kappa shape index (κ1) is 59.7. The van der Waals surface area contributed by atoms with Crippen LogP contribution < -0.4 is 0 Å². The van der Waals surface area contributed by atoms with Crippen LogP contribution in [0.1, 0.15) is 91.9 Å². The van der Waals surface area contributed by atoms with E-state index >= 15 is 0 Å². The van der Waals surface area contributed by atoms with Crippen LogP contribution in [0, 0.1) is 46.3 Å². The summed E-state index contributed by atoms with van der Waals surface area (Å²) in [5.74, 6) is 1.77. The van der Waals surface area contributed by atoms with Crippen molar-refractivity contribution in [1.29, 1.82) is 0 Å². The zero-order valence-electron chi connectivity index (χ0n) is 43.7. The minimum absolute atomic E-state index is 0.0737. The van der Waals surface area contributed by atoms with Gasteiger partial charge in [0.2, 0.25) is 0 Å². The van der Waals surface area contributed by atoms with Crippen molar-refractivity contribution in [2.75, 3.05) is 143 Å². The van der Waals surface area contributed by atoms with Gasteiger partial charge in [0, 0.05) is 5.41 Å². The number of phosphoric acid groups is 3. The fourth-order valence-corrected chi connectivity index (χ4v) is 13.9. The van der Waals surface area contributed by atoms with E-state index in [-0.39, 0.29) is 112 Å². The minimum atomic E-state index is -4.29. The van der Waals surface area contributed by atoms with Crippen LogP contribution in [-0.2, 0) is 55.0 Å². The predicted octanol–water partition coefficient (Wildman–Crippen LogP) is 7.37. The molecule has 0 amide bonds. The Kier molecular flexibility index (Phi) is 22.1. The van der Waals surface area contributed by atoms with Crippen molar-refractivity contribution < 1.29 is 83.2 Å². The first-order valence-corrected chi connectivity index (χ1v) is 29.5. The number of hydrogen-bond acceptors (Lipinski definition) is 12. The van der Waals surface area contributed by atoms with E-state index in [1.807, 2.05) is 63.4 Å². The molecule has 67 heavy (non-hydrogen) atoms. The average Bonchev–Trinajstić information content (AvgIpc) is 3.55. The number of likely N-dealkylation sites (N-methyl/N-ethyl adjacent to an activating group) is 3. The lowest BCUT2D eigenvalue weighted by molar-refractivity contribution is -0.870. The van der Waals surface area contributed by atoms with E-state index in [9.17, 15) is 28.4 Å². The molecule has 0 aromatic rings. The molecule has 0 heterocycles. The van der Waals surface area contributed by atoms with Crippen molar-refractivity contribution >= 4 is 23.5 Å². The normalized spacial score (nSPS) is 33.5. The molecule has 4 rings (SSSR count). The molecule has 0 bridgehead atoms. The summed E-state index contributed by atoms with van der Waals surface area (Å²) in [7, 11) is 5.07. The molecule has 4 aliphatic rings. The summed E-state index contributed by atoms with van der Waals surface area (Å²) in [5, 5.41) is 0. The number of unbranched alkanes of at least 4 members (excludes halogenated alkanes) is 1. The molecule has 0 radical (unpaired) electrons. The summed E-state index contributed by atoms with van der Waals surface area (Å²) in [5.41, 5.74) is -0.286. The summed E-state index contributed by atoms with van der Waals surface area (Å²) in [6.45, 7) is 11.6. The van der Waals surface area contributed by atoms with Gasteiger partial charge in [0.15, 0.2) is 0 Å². The largest absolute Gasteiger partial charge is 0.472 e. The number of fused-ring (bicyclic) bond motifs is 5. The van der Waals surface area contributed by atoms with Crippen LogP contribution in [0.4, 0.5) is 0 Å². The molecule has 14 atom stereocenters. The van der Waals surface area contributed by atoms with Gasteiger partial charge in [-0.05, 0) is 85.9 Å². The van der Waals surface area contributed by atoms with E-state index in [1.165, 1.54) is 0 Å². The number of phosphoric ester groups is 3. The Hall–Kier alpha value is 0.0900. The van der Waals surface area contributed by atoms with E-state index in [2.05, 4.69) is 27.7 Å². The fraction of sp³-hybridized carbons (Fsp3) is 1.00. The monoisotopic (exact) mass is 1020 g/mol. The van der Waals surface area contributed by atoms with Gasteiger partial charge in [-0.25, -0.2) is 13.7 Å². The highest BCUT2D eigenvalue weighted by molar-refractivity contribution is 7.47. The van der Waals surface area contributed by atoms with Gasteiger partial charge in [0.1, 0.15) is 39.5 Å². The molecule has 4 fully saturated rings. The molecule has 0 aromatic carbocycles. The number of ether oxygens (including phenoxy) is 3. The Morgan fingerprint density at radius 3 is 1.52 bits per heavy atom. The Labute approximate surface area is 404 Å². The van der Waals surface area contributed by atoms with Gasteiger partial charge in [-0.3, -0.25) is 27.1 Å². The van der Waals surface area contributed by atoms with Crippen molar-refractivity contribution in [3.05, 3.63) is 0 Å². The summed E-state index contributed by atoms with van der Waals surface area (Å²) in [4.78, 5) is 31.3. The van der Waals surface area contributed by atoms with Crippen LogP contribution in [0.3, 0.4) is 0 Å². The second-order valence-electron chi connectivity index (χ2n) is 23.6. The van der Waals surface area contributed by atoms with Crippen molar-refractivity contribution in [3.63, 3.8) is 0 Å². The van der Waals surface area contributed by atoms with E-state index in [0.717, 1.165) is 64.2 Å². The number of rotatable bonds is 31.